The summed E-state index contributed by atoms with van der Waals surface area (Å²) in [4.78, 5) is 11.9. The minimum absolute atomic E-state index is 0.0647. The van der Waals surface area contributed by atoms with Crippen molar-refractivity contribution >= 4 is 17.7 Å². The van der Waals surface area contributed by atoms with Gasteiger partial charge in [-0.1, -0.05) is 19.9 Å². The van der Waals surface area contributed by atoms with E-state index in [2.05, 4.69) is 18.1 Å². The van der Waals surface area contributed by atoms with Crippen LogP contribution >= 0.6 is 11.8 Å². The largest absolute Gasteiger partial charge is 0.481 e. The summed E-state index contributed by atoms with van der Waals surface area (Å²) in [5, 5.41) is 13.6. The number of alkyl halides is 3. The van der Waals surface area contributed by atoms with Gasteiger partial charge in [0.2, 0.25) is 0 Å². The van der Waals surface area contributed by atoms with Crippen molar-refractivity contribution in [2.45, 2.75) is 62.8 Å². The lowest BCUT2D eigenvalue weighted by Crippen LogP contribution is -2.05. The Morgan fingerprint density at radius 3 is 2.33 bits per heavy atom. The SMILES string of the molecule is Cc1cc(SC(C)c2cn(-c3ccc(C(F)(F)F)cc3)nc2C(C)C)ccc1CCC(=O)O. The number of aromatic nitrogens is 2. The van der Waals surface area contributed by atoms with Gasteiger partial charge < -0.3 is 5.11 Å². The van der Waals surface area contributed by atoms with E-state index in [1.54, 1.807) is 16.4 Å². The Hall–Kier alpha value is -2.74. The lowest BCUT2D eigenvalue weighted by Gasteiger charge is -2.14. The normalized spacial score (nSPS) is 12.8. The minimum atomic E-state index is -4.37. The third-order valence-electron chi connectivity index (χ3n) is 5.45. The van der Waals surface area contributed by atoms with Gasteiger partial charge in [-0.25, -0.2) is 4.68 Å². The number of nitrogens with zero attached hydrogens (tertiary/aromatic N) is 2. The number of hydrogen-bond acceptors (Lipinski definition) is 3. The van der Waals surface area contributed by atoms with Crippen molar-refractivity contribution in [3.63, 3.8) is 0 Å². The summed E-state index contributed by atoms with van der Waals surface area (Å²) >= 11 is 1.67. The number of carbonyl (C=O) groups is 1. The molecule has 3 rings (SSSR count). The molecule has 0 spiro atoms. The fourth-order valence-electron chi connectivity index (χ4n) is 3.63. The van der Waals surface area contributed by atoms with Crippen molar-refractivity contribution in [1.82, 2.24) is 9.78 Å². The third-order valence-corrected chi connectivity index (χ3v) is 6.59. The van der Waals surface area contributed by atoms with E-state index in [0.29, 0.717) is 12.1 Å². The highest BCUT2D eigenvalue weighted by Crippen LogP contribution is 2.39. The zero-order chi connectivity index (χ0) is 24.3. The second-order valence-corrected chi connectivity index (χ2v) is 9.77. The number of aryl methyl sites for hydroxylation is 2. The fraction of sp³-hybridized carbons (Fsp3) is 0.360. The van der Waals surface area contributed by atoms with Crippen molar-refractivity contribution < 1.29 is 23.1 Å². The molecule has 0 fully saturated rings. The van der Waals surface area contributed by atoms with Gasteiger partial charge in [-0.3, -0.25) is 4.79 Å². The van der Waals surface area contributed by atoms with Gasteiger partial charge in [0.15, 0.2) is 0 Å². The van der Waals surface area contributed by atoms with Gasteiger partial charge in [-0.05, 0) is 73.7 Å². The van der Waals surface area contributed by atoms with Crippen LogP contribution in [-0.2, 0) is 17.4 Å². The van der Waals surface area contributed by atoms with Crippen LogP contribution in [0.1, 0.15) is 66.3 Å². The smallest absolute Gasteiger partial charge is 0.416 e. The van der Waals surface area contributed by atoms with Crippen molar-refractivity contribution in [1.29, 1.82) is 0 Å². The molecular weight excluding hydrogens is 449 g/mol. The van der Waals surface area contributed by atoms with E-state index in [9.17, 15) is 18.0 Å². The molecule has 1 aromatic heterocycles. The molecule has 1 N–H and O–H groups in total. The highest BCUT2D eigenvalue weighted by molar-refractivity contribution is 7.99. The van der Waals surface area contributed by atoms with E-state index in [1.165, 1.54) is 12.1 Å². The first-order valence-corrected chi connectivity index (χ1v) is 11.6. The van der Waals surface area contributed by atoms with Gasteiger partial charge in [0, 0.05) is 28.3 Å². The van der Waals surface area contributed by atoms with Crippen molar-refractivity contribution in [2.24, 2.45) is 0 Å². The zero-order valence-electron chi connectivity index (χ0n) is 19.0. The molecule has 1 unspecified atom stereocenters. The Kier molecular flexibility index (Phi) is 7.57. The maximum Gasteiger partial charge on any atom is 0.416 e. The van der Waals surface area contributed by atoms with Gasteiger partial charge in [0.05, 0.1) is 16.9 Å². The molecule has 2 aromatic carbocycles. The number of rotatable bonds is 8. The molecule has 0 aliphatic heterocycles. The Bertz CT molecular complexity index is 1120. The van der Waals surface area contributed by atoms with E-state index in [-0.39, 0.29) is 17.6 Å². The molecule has 0 amide bonds. The van der Waals surface area contributed by atoms with Crippen LogP contribution in [0.15, 0.2) is 53.6 Å². The van der Waals surface area contributed by atoms with Crippen LogP contribution in [0, 0.1) is 6.92 Å². The third kappa shape index (κ3) is 6.19. The monoisotopic (exact) mass is 476 g/mol. The molecule has 0 saturated carbocycles. The first kappa shape index (κ1) is 24.9. The second-order valence-electron chi connectivity index (χ2n) is 8.36. The Morgan fingerprint density at radius 2 is 1.79 bits per heavy atom. The van der Waals surface area contributed by atoms with Crippen molar-refractivity contribution in [3.8, 4) is 5.69 Å². The molecule has 4 nitrogen and oxygen atoms in total. The minimum Gasteiger partial charge on any atom is -0.481 e. The number of benzene rings is 2. The van der Waals surface area contributed by atoms with E-state index in [0.717, 1.165) is 39.4 Å². The molecule has 33 heavy (non-hydrogen) atoms. The van der Waals surface area contributed by atoms with Crippen LogP contribution in [-0.4, -0.2) is 20.9 Å². The van der Waals surface area contributed by atoms with E-state index in [4.69, 9.17) is 5.11 Å². The summed E-state index contributed by atoms with van der Waals surface area (Å²) in [6.45, 7) is 8.15. The second kappa shape index (κ2) is 10.0. The summed E-state index contributed by atoms with van der Waals surface area (Å²) < 4.78 is 40.3. The molecule has 1 atom stereocenters. The standard InChI is InChI=1S/C25H27F3N2O2S/c1-15(2)24-22(14-30(29-24)20-9-7-19(8-10-20)25(26,27)28)17(4)33-21-11-5-18(16(3)13-21)6-12-23(31)32/h5,7-11,13-15,17H,6,12H2,1-4H3,(H,31,32). The summed E-state index contributed by atoms with van der Waals surface area (Å²) in [5.41, 5.74) is 3.90. The van der Waals surface area contributed by atoms with E-state index < -0.39 is 17.7 Å². The maximum atomic E-state index is 12.9. The number of thioether (sulfide) groups is 1. The van der Waals surface area contributed by atoms with E-state index >= 15 is 0 Å². The Balaban J connectivity index is 1.83. The van der Waals surface area contributed by atoms with Crippen LogP contribution in [0.2, 0.25) is 0 Å². The average molecular weight is 477 g/mol. The first-order valence-electron chi connectivity index (χ1n) is 10.7. The summed E-state index contributed by atoms with van der Waals surface area (Å²) in [6, 6.07) is 11.0. The molecule has 3 aromatic rings. The highest BCUT2D eigenvalue weighted by Gasteiger charge is 2.30. The molecule has 0 aliphatic carbocycles. The molecule has 1 heterocycles. The van der Waals surface area contributed by atoms with Crippen LogP contribution in [0.4, 0.5) is 13.2 Å². The fourth-order valence-corrected chi connectivity index (χ4v) is 4.74. The lowest BCUT2D eigenvalue weighted by atomic mass is 10.0. The number of aliphatic carboxylic acids is 1. The van der Waals surface area contributed by atoms with Gasteiger partial charge >= 0.3 is 12.1 Å². The first-order chi connectivity index (χ1) is 15.5. The van der Waals surface area contributed by atoms with Crippen LogP contribution in [0.3, 0.4) is 0 Å². The van der Waals surface area contributed by atoms with E-state index in [1.807, 2.05) is 39.1 Å². The highest BCUT2D eigenvalue weighted by atomic mass is 32.2. The van der Waals surface area contributed by atoms with Crippen molar-refractivity contribution in [2.75, 3.05) is 0 Å². The molecule has 8 heteroatoms. The summed E-state index contributed by atoms with van der Waals surface area (Å²) in [5.74, 6) is -0.661. The topological polar surface area (TPSA) is 55.1 Å². The summed E-state index contributed by atoms with van der Waals surface area (Å²) in [6.07, 6.45) is -1.88. The van der Waals surface area contributed by atoms with Crippen LogP contribution < -0.4 is 0 Å². The van der Waals surface area contributed by atoms with Crippen LogP contribution in [0.25, 0.3) is 5.69 Å². The molecule has 0 aliphatic rings. The van der Waals surface area contributed by atoms with Gasteiger partial charge in [0.25, 0.3) is 0 Å². The molecular formula is C25H27F3N2O2S. The number of halogens is 3. The quantitative estimate of drug-likeness (QED) is 0.350. The number of carboxylic acids is 1. The lowest BCUT2D eigenvalue weighted by molar-refractivity contribution is -0.138. The van der Waals surface area contributed by atoms with Crippen LogP contribution in [0.5, 0.6) is 0 Å². The van der Waals surface area contributed by atoms with Gasteiger partial charge in [0.1, 0.15) is 0 Å². The number of carboxylic acid groups (broad SMARTS) is 1. The molecule has 0 radical (unpaired) electrons. The predicted molar refractivity (Wildman–Crippen MR) is 124 cm³/mol. The Morgan fingerprint density at radius 1 is 1.12 bits per heavy atom. The predicted octanol–water partition coefficient (Wildman–Crippen LogP) is 7.19. The molecule has 0 saturated heterocycles. The van der Waals surface area contributed by atoms with Gasteiger partial charge in [-0.2, -0.15) is 18.3 Å². The average Bonchev–Trinajstić information content (AvgIpc) is 3.18. The molecule has 176 valence electrons. The molecule has 0 bridgehead atoms. The Labute approximate surface area is 195 Å². The van der Waals surface area contributed by atoms with Crippen molar-refractivity contribution in [3.05, 3.63) is 76.6 Å². The number of hydrogen-bond donors (Lipinski definition) is 1. The summed E-state index contributed by atoms with van der Waals surface area (Å²) in [7, 11) is 0. The zero-order valence-corrected chi connectivity index (χ0v) is 19.8. The van der Waals surface area contributed by atoms with Gasteiger partial charge in [-0.15, -0.1) is 11.8 Å². The maximum absolute atomic E-state index is 12.9.